The summed E-state index contributed by atoms with van der Waals surface area (Å²) in [6.07, 6.45) is 0.661. The number of methoxy groups -OCH3 is 1. The number of phenols is 1. The van der Waals surface area contributed by atoms with E-state index >= 15 is 0 Å². The first-order chi connectivity index (χ1) is 9.56. The Labute approximate surface area is 115 Å². The highest BCUT2D eigenvalue weighted by Gasteiger charge is 2.12. The van der Waals surface area contributed by atoms with Crippen molar-refractivity contribution < 1.29 is 19.4 Å². The van der Waals surface area contributed by atoms with Crippen LogP contribution < -0.4 is 10.5 Å². The SMILES string of the molecule is COc1cc(C=O)c(-c2cccc(C(N)=O)c2)cc1O. The molecule has 0 unspecified atom stereocenters. The maximum atomic E-state index is 11.2. The molecule has 0 heterocycles. The molecule has 0 radical (unpaired) electrons. The third-order valence-electron chi connectivity index (χ3n) is 2.94. The fourth-order valence-corrected chi connectivity index (χ4v) is 1.94. The Kier molecular flexibility index (Phi) is 3.70. The van der Waals surface area contributed by atoms with Crippen molar-refractivity contribution in [1.82, 2.24) is 0 Å². The van der Waals surface area contributed by atoms with E-state index in [1.807, 2.05) is 0 Å². The number of carbonyl (C=O) groups excluding carboxylic acids is 2. The van der Waals surface area contributed by atoms with Crippen LogP contribution in [-0.2, 0) is 0 Å². The number of phenolic OH excluding ortho intramolecular Hbond substituents is 1. The zero-order valence-electron chi connectivity index (χ0n) is 10.8. The van der Waals surface area contributed by atoms with Gasteiger partial charge < -0.3 is 15.6 Å². The summed E-state index contributed by atoms with van der Waals surface area (Å²) >= 11 is 0. The van der Waals surface area contributed by atoms with E-state index in [-0.39, 0.29) is 11.5 Å². The van der Waals surface area contributed by atoms with Crippen LogP contribution in [0.15, 0.2) is 36.4 Å². The zero-order valence-corrected chi connectivity index (χ0v) is 10.8. The summed E-state index contributed by atoms with van der Waals surface area (Å²) in [7, 11) is 1.40. The fraction of sp³-hybridized carbons (Fsp3) is 0.0667. The molecule has 0 saturated heterocycles. The molecular weight excluding hydrogens is 258 g/mol. The van der Waals surface area contributed by atoms with Gasteiger partial charge in [0, 0.05) is 11.1 Å². The van der Waals surface area contributed by atoms with E-state index < -0.39 is 5.91 Å². The number of rotatable bonds is 4. The van der Waals surface area contributed by atoms with Crippen LogP contribution in [-0.4, -0.2) is 24.4 Å². The van der Waals surface area contributed by atoms with E-state index in [0.717, 1.165) is 0 Å². The minimum Gasteiger partial charge on any atom is -0.504 e. The number of aldehydes is 1. The first kappa shape index (κ1) is 13.6. The van der Waals surface area contributed by atoms with Crippen molar-refractivity contribution in [1.29, 1.82) is 0 Å². The molecule has 0 aliphatic heterocycles. The van der Waals surface area contributed by atoms with Gasteiger partial charge in [0.25, 0.3) is 0 Å². The van der Waals surface area contributed by atoms with E-state index in [1.54, 1.807) is 24.3 Å². The normalized spacial score (nSPS) is 10.1. The van der Waals surface area contributed by atoms with Crippen LogP contribution >= 0.6 is 0 Å². The average Bonchev–Trinajstić information content (AvgIpc) is 2.47. The highest BCUT2D eigenvalue weighted by Crippen LogP contribution is 2.34. The Bertz CT molecular complexity index is 680. The number of aromatic hydroxyl groups is 1. The molecule has 2 rings (SSSR count). The molecule has 5 nitrogen and oxygen atoms in total. The first-order valence-corrected chi connectivity index (χ1v) is 5.83. The number of hydrogen-bond donors (Lipinski definition) is 2. The van der Waals surface area contributed by atoms with Crippen LogP contribution in [0.1, 0.15) is 20.7 Å². The molecule has 20 heavy (non-hydrogen) atoms. The molecule has 0 spiro atoms. The van der Waals surface area contributed by atoms with E-state index in [0.29, 0.717) is 28.5 Å². The van der Waals surface area contributed by atoms with Crippen molar-refractivity contribution in [3.63, 3.8) is 0 Å². The summed E-state index contributed by atoms with van der Waals surface area (Å²) in [6.45, 7) is 0. The Morgan fingerprint density at radius 2 is 2.05 bits per heavy atom. The monoisotopic (exact) mass is 271 g/mol. The topological polar surface area (TPSA) is 89.6 Å². The lowest BCUT2D eigenvalue weighted by atomic mass is 9.98. The Hall–Kier alpha value is -2.82. The number of hydrogen-bond acceptors (Lipinski definition) is 4. The lowest BCUT2D eigenvalue weighted by molar-refractivity contribution is 0.1000. The predicted molar refractivity (Wildman–Crippen MR) is 74.0 cm³/mol. The van der Waals surface area contributed by atoms with E-state index in [1.165, 1.54) is 19.2 Å². The fourth-order valence-electron chi connectivity index (χ4n) is 1.94. The molecule has 0 saturated carbocycles. The van der Waals surface area contributed by atoms with Crippen molar-refractivity contribution in [3.8, 4) is 22.6 Å². The van der Waals surface area contributed by atoms with E-state index in [9.17, 15) is 14.7 Å². The molecule has 1 amide bonds. The van der Waals surface area contributed by atoms with Gasteiger partial charge in [-0.15, -0.1) is 0 Å². The van der Waals surface area contributed by atoms with Gasteiger partial charge in [-0.05, 0) is 35.4 Å². The Balaban J connectivity index is 2.62. The smallest absolute Gasteiger partial charge is 0.248 e. The van der Waals surface area contributed by atoms with Crippen LogP contribution in [0.25, 0.3) is 11.1 Å². The van der Waals surface area contributed by atoms with Crippen LogP contribution in [0.4, 0.5) is 0 Å². The van der Waals surface area contributed by atoms with Crippen LogP contribution in [0, 0.1) is 0 Å². The molecule has 0 aliphatic carbocycles. The number of amides is 1. The van der Waals surface area contributed by atoms with Gasteiger partial charge in [-0.2, -0.15) is 0 Å². The molecule has 3 N–H and O–H groups in total. The highest BCUT2D eigenvalue weighted by molar-refractivity contribution is 5.95. The molecule has 5 heteroatoms. The van der Waals surface area contributed by atoms with Crippen molar-refractivity contribution in [3.05, 3.63) is 47.5 Å². The third kappa shape index (κ3) is 2.47. The standard InChI is InChI=1S/C15H13NO4/c1-20-14-6-11(8-17)12(7-13(14)18)9-3-2-4-10(5-9)15(16)19/h2-8,18H,1H3,(H2,16,19). The minimum absolute atomic E-state index is 0.0856. The summed E-state index contributed by atoms with van der Waals surface area (Å²) in [6, 6.07) is 9.38. The number of benzene rings is 2. The highest BCUT2D eigenvalue weighted by atomic mass is 16.5. The second-order valence-corrected chi connectivity index (χ2v) is 4.17. The summed E-state index contributed by atoms with van der Waals surface area (Å²) in [5.41, 5.74) is 7.02. The first-order valence-electron chi connectivity index (χ1n) is 5.83. The van der Waals surface area contributed by atoms with Gasteiger partial charge in [-0.3, -0.25) is 9.59 Å². The van der Waals surface area contributed by atoms with E-state index in [4.69, 9.17) is 10.5 Å². The van der Waals surface area contributed by atoms with Crippen LogP contribution in [0.2, 0.25) is 0 Å². The number of ether oxygens (including phenoxy) is 1. The average molecular weight is 271 g/mol. The summed E-state index contributed by atoms with van der Waals surface area (Å²) in [5.74, 6) is -0.434. The minimum atomic E-state index is -0.558. The molecule has 102 valence electrons. The van der Waals surface area contributed by atoms with Gasteiger partial charge >= 0.3 is 0 Å². The Morgan fingerprint density at radius 3 is 2.65 bits per heavy atom. The molecule has 2 aromatic carbocycles. The summed E-state index contributed by atoms with van der Waals surface area (Å²) < 4.78 is 4.96. The largest absolute Gasteiger partial charge is 0.504 e. The quantitative estimate of drug-likeness (QED) is 0.832. The summed E-state index contributed by atoms with van der Waals surface area (Å²) in [5, 5.41) is 9.82. The van der Waals surface area contributed by atoms with Crippen molar-refractivity contribution in [2.45, 2.75) is 0 Å². The molecule has 0 atom stereocenters. The molecule has 0 bridgehead atoms. The number of nitrogens with two attached hydrogens (primary N) is 1. The van der Waals surface area contributed by atoms with Gasteiger partial charge in [0.15, 0.2) is 17.8 Å². The van der Waals surface area contributed by atoms with Crippen LogP contribution in [0.5, 0.6) is 11.5 Å². The van der Waals surface area contributed by atoms with Crippen molar-refractivity contribution >= 4 is 12.2 Å². The lowest BCUT2D eigenvalue weighted by Gasteiger charge is -2.10. The molecular formula is C15H13NO4. The lowest BCUT2D eigenvalue weighted by Crippen LogP contribution is -2.10. The van der Waals surface area contributed by atoms with Crippen molar-refractivity contribution in [2.75, 3.05) is 7.11 Å². The second kappa shape index (κ2) is 5.44. The van der Waals surface area contributed by atoms with Gasteiger partial charge in [0.05, 0.1) is 7.11 Å². The molecule has 0 fully saturated rings. The third-order valence-corrected chi connectivity index (χ3v) is 2.94. The van der Waals surface area contributed by atoms with Crippen molar-refractivity contribution in [2.24, 2.45) is 5.73 Å². The van der Waals surface area contributed by atoms with Gasteiger partial charge in [0.1, 0.15) is 0 Å². The molecule has 2 aromatic rings. The maximum Gasteiger partial charge on any atom is 0.248 e. The van der Waals surface area contributed by atoms with Crippen LogP contribution in [0.3, 0.4) is 0 Å². The molecule has 0 aromatic heterocycles. The predicted octanol–water partition coefficient (Wildman–Crippen LogP) is 1.98. The maximum absolute atomic E-state index is 11.2. The number of carbonyl (C=O) groups is 2. The number of primary amides is 1. The van der Waals surface area contributed by atoms with Gasteiger partial charge in [-0.25, -0.2) is 0 Å². The second-order valence-electron chi connectivity index (χ2n) is 4.17. The zero-order chi connectivity index (χ0) is 14.7. The van der Waals surface area contributed by atoms with E-state index in [2.05, 4.69) is 0 Å². The van der Waals surface area contributed by atoms with Gasteiger partial charge in [-0.1, -0.05) is 12.1 Å². The van der Waals surface area contributed by atoms with Gasteiger partial charge in [0.2, 0.25) is 5.91 Å². The summed E-state index contributed by atoms with van der Waals surface area (Å²) in [4.78, 5) is 22.4. The molecule has 0 aliphatic rings. The Morgan fingerprint density at radius 1 is 1.30 bits per heavy atom.